The van der Waals surface area contributed by atoms with Crippen molar-refractivity contribution in [3.05, 3.63) is 23.8 Å². The van der Waals surface area contributed by atoms with Gasteiger partial charge in [0, 0.05) is 29.8 Å². The molecule has 0 amide bonds. The van der Waals surface area contributed by atoms with Gasteiger partial charge in [0.15, 0.2) is 0 Å². The second-order valence-corrected chi connectivity index (χ2v) is 6.68. The highest BCUT2D eigenvalue weighted by Crippen LogP contribution is 2.43. The lowest BCUT2D eigenvalue weighted by Gasteiger charge is -2.39. The maximum absolute atomic E-state index is 9.18. The third-order valence-electron chi connectivity index (χ3n) is 3.87. The first-order valence-electron chi connectivity index (χ1n) is 6.69. The van der Waals surface area contributed by atoms with Crippen molar-refractivity contribution in [2.75, 3.05) is 18.6 Å². The van der Waals surface area contributed by atoms with E-state index in [0.717, 1.165) is 6.42 Å². The Kier molecular flexibility index (Phi) is 4.23. The van der Waals surface area contributed by atoms with Crippen LogP contribution in [0.2, 0.25) is 0 Å². The summed E-state index contributed by atoms with van der Waals surface area (Å²) in [4.78, 5) is 3.70. The molecule has 2 rings (SSSR count). The lowest BCUT2D eigenvalue weighted by atomic mass is 10.0. The number of hydrogen-bond donors (Lipinski definition) is 1. The first kappa shape index (κ1) is 13.8. The van der Waals surface area contributed by atoms with E-state index in [1.807, 2.05) is 11.8 Å². The maximum atomic E-state index is 9.18. The molecule has 0 radical (unpaired) electrons. The highest BCUT2D eigenvalue weighted by Gasteiger charge is 2.29. The third-order valence-corrected chi connectivity index (χ3v) is 5.38. The SMILES string of the molecule is CC(C)c1ccc2c(c1)SC(CCO)C(C)N2C. The van der Waals surface area contributed by atoms with Crippen LogP contribution in [-0.4, -0.2) is 30.1 Å². The van der Waals surface area contributed by atoms with Gasteiger partial charge < -0.3 is 10.0 Å². The molecule has 0 fully saturated rings. The summed E-state index contributed by atoms with van der Waals surface area (Å²) in [6.45, 7) is 6.97. The number of fused-ring (bicyclic) bond motifs is 1. The largest absolute Gasteiger partial charge is 0.396 e. The lowest BCUT2D eigenvalue weighted by molar-refractivity contribution is 0.282. The summed E-state index contributed by atoms with van der Waals surface area (Å²) in [5.41, 5.74) is 2.72. The average Bonchev–Trinajstić information content (AvgIpc) is 2.35. The van der Waals surface area contributed by atoms with E-state index >= 15 is 0 Å². The van der Waals surface area contributed by atoms with Gasteiger partial charge in [0.1, 0.15) is 0 Å². The average molecular weight is 265 g/mol. The molecule has 2 unspecified atom stereocenters. The number of rotatable bonds is 3. The van der Waals surface area contributed by atoms with Crippen molar-refractivity contribution in [2.45, 2.75) is 49.3 Å². The Morgan fingerprint density at radius 1 is 1.39 bits per heavy atom. The van der Waals surface area contributed by atoms with E-state index in [2.05, 4.69) is 50.9 Å². The zero-order valence-corrected chi connectivity index (χ0v) is 12.5. The second kappa shape index (κ2) is 5.54. The summed E-state index contributed by atoms with van der Waals surface area (Å²) in [6, 6.07) is 7.26. The predicted octanol–water partition coefficient (Wildman–Crippen LogP) is 3.49. The molecule has 1 heterocycles. The summed E-state index contributed by atoms with van der Waals surface area (Å²) in [7, 11) is 2.16. The molecule has 0 saturated heterocycles. The number of benzene rings is 1. The van der Waals surface area contributed by atoms with Crippen LogP contribution in [0.5, 0.6) is 0 Å². The molecule has 0 spiro atoms. The zero-order valence-electron chi connectivity index (χ0n) is 11.7. The van der Waals surface area contributed by atoms with Crippen LogP contribution < -0.4 is 4.90 Å². The summed E-state index contributed by atoms with van der Waals surface area (Å²) in [5, 5.41) is 9.66. The van der Waals surface area contributed by atoms with Crippen molar-refractivity contribution >= 4 is 17.4 Å². The Morgan fingerprint density at radius 3 is 2.72 bits per heavy atom. The minimum Gasteiger partial charge on any atom is -0.396 e. The van der Waals surface area contributed by atoms with Crippen LogP contribution in [0, 0.1) is 0 Å². The molecule has 2 nitrogen and oxygen atoms in total. The summed E-state index contributed by atoms with van der Waals surface area (Å²) < 4.78 is 0. The van der Waals surface area contributed by atoms with E-state index in [4.69, 9.17) is 0 Å². The maximum Gasteiger partial charge on any atom is 0.0504 e. The van der Waals surface area contributed by atoms with Gasteiger partial charge in [-0.3, -0.25) is 0 Å². The van der Waals surface area contributed by atoms with Crippen molar-refractivity contribution < 1.29 is 5.11 Å². The van der Waals surface area contributed by atoms with Crippen LogP contribution in [0.1, 0.15) is 38.7 Å². The normalized spacial score (nSPS) is 23.3. The van der Waals surface area contributed by atoms with Gasteiger partial charge in [0.25, 0.3) is 0 Å². The Labute approximate surface area is 114 Å². The quantitative estimate of drug-likeness (QED) is 0.905. The van der Waals surface area contributed by atoms with Crippen molar-refractivity contribution in [2.24, 2.45) is 0 Å². The number of nitrogens with zero attached hydrogens (tertiary/aromatic N) is 1. The van der Waals surface area contributed by atoms with Gasteiger partial charge in [-0.05, 0) is 37.0 Å². The fourth-order valence-corrected chi connectivity index (χ4v) is 3.90. The predicted molar refractivity (Wildman–Crippen MR) is 79.7 cm³/mol. The summed E-state index contributed by atoms with van der Waals surface area (Å²) >= 11 is 1.92. The Bertz CT molecular complexity index is 419. The summed E-state index contributed by atoms with van der Waals surface area (Å²) in [6.07, 6.45) is 0.863. The Balaban J connectivity index is 2.33. The molecule has 1 aliphatic heterocycles. The molecule has 0 aliphatic carbocycles. The molecule has 1 aromatic rings. The van der Waals surface area contributed by atoms with Gasteiger partial charge in [-0.2, -0.15) is 0 Å². The van der Waals surface area contributed by atoms with E-state index in [-0.39, 0.29) is 6.61 Å². The molecule has 2 atom stereocenters. The molecule has 1 aromatic carbocycles. The number of aliphatic hydroxyl groups is 1. The summed E-state index contributed by atoms with van der Waals surface area (Å²) in [5.74, 6) is 0.567. The molecule has 1 aliphatic rings. The number of hydrogen-bond acceptors (Lipinski definition) is 3. The minimum atomic E-state index is 0.273. The zero-order chi connectivity index (χ0) is 13.3. The molecule has 100 valence electrons. The molecule has 3 heteroatoms. The van der Waals surface area contributed by atoms with E-state index in [9.17, 15) is 5.11 Å². The van der Waals surface area contributed by atoms with E-state index in [0.29, 0.717) is 17.2 Å². The van der Waals surface area contributed by atoms with Crippen LogP contribution in [0.3, 0.4) is 0 Å². The van der Waals surface area contributed by atoms with Gasteiger partial charge in [-0.25, -0.2) is 0 Å². The van der Waals surface area contributed by atoms with Crippen LogP contribution in [0.25, 0.3) is 0 Å². The Hall–Kier alpha value is -0.670. The molecule has 0 saturated carbocycles. The van der Waals surface area contributed by atoms with Gasteiger partial charge in [0.05, 0.1) is 5.69 Å². The lowest BCUT2D eigenvalue weighted by Crippen LogP contribution is -2.41. The fourth-order valence-electron chi connectivity index (χ4n) is 2.43. The number of anilines is 1. The van der Waals surface area contributed by atoms with Crippen LogP contribution in [0.4, 0.5) is 5.69 Å². The van der Waals surface area contributed by atoms with Crippen molar-refractivity contribution in [1.29, 1.82) is 0 Å². The fraction of sp³-hybridized carbons (Fsp3) is 0.600. The smallest absolute Gasteiger partial charge is 0.0504 e. The van der Waals surface area contributed by atoms with Gasteiger partial charge >= 0.3 is 0 Å². The van der Waals surface area contributed by atoms with Crippen LogP contribution in [0.15, 0.2) is 23.1 Å². The minimum absolute atomic E-state index is 0.273. The molecule has 1 N–H and O–H groups in total. The van der Waals surface area contributed by atoms with Gasteiger partial charge in [-0.15, -0.1) is 11.8 Å². The molecule has 0 bridgehead atoms. The van der Waals surface area contributed by atoms with E-state index < -0.39 is 0 Å². The monoisotopic (exact) mass is 265 g/mol. The third kappa shape index (κ3) is 2.52. The topological polar surface area (TPSA) is 23.5 Å². The van der Waals surface area contributed by atoms with E-state index in [1.165, 1.54) is 16.1 Å². The van der Waals surface area contributed by atoms with E-state index in [1.54, 1.807) is 0 Å². The number of thioether (sulfide) groups is 1. The first-order valence-corrected chi connectivity index (χ1v) is 7.57. The molecular formula is C15H23NOS. The standard InChI is InChI=1S/C15H23NOS/c1-10(2)12-5-6-13-15(9-12)18-14(7-8-17)11(3)16(13)4/h5-6,9-11,14,17H,7-8H2,1-4H3. The highest BCUT2D eigenvalue weighted by molar-refractivity contribution is 8.00. The van der Waals surface area contributed by atoms with Crippen LogP contribution in [-0.2, 0) is 0 Å². The Morgan fingerprint density at radius 2 is 2.11 bits per heavy atom. The molecule has 18 heavy (non-hydrogen) atoms. The highest BCUT2D eigenvalue weighted by atomic mass is 32.2. The van der Waals surface area contributed by atoms with Crippen molar-refractivity contribution in [3.8, 4) is 0 Å². The second-order valence-electron chi connectivity index (χ2n) is 5.40. The molecule has 0 aromatic heterocycles. The van der Waals surface area contributed by atoms with Gasteiger partial charge in [-0.1, -0.05) is 19.9 Å². The first-order chi connectivity index (χ1) is 8.54. The van der Waals surface area contributed by atoms with Crippen molar-refractivity contribution in [1.82, 2.24) is 0 Å². The van der Waals surface area contributed by atoms with Crippen LogP contribution >= 0.6 is 11.8 Å². The van der Waals surface area contributed by atoms with Gasteiger partial charge in [0.2, 0.25) is 0 Å². The number of aliphatic hydroxyl groups excluding tert-OH is 1. The van der Waals surface area contributed by atoms with Crippen molar-refractivity contribution in [3.63, 3.8) is 0 Å². The molecular weight excluding hydrogens is 242 g/mol.